The molecule has 0 saturated carbocycles. The Kier molecular flexibility index (Phi) is 7.12. The molecular weight excluding hydrogens is 192 g/mol. The summed E-state index contributed by atoms with van der Waals surface area (Å²) in [4.78, 5) is 0. The van der Waals surface area contributed by atoms with Gasteiger partial charge in [0.2, 0.25) is 0 Å². The fourth-order valence-electron chi connectivity index (χ4n) is 1.99. The molecule has 0 heterocycles. The highest BCUT2D eigenvalue weighted by atomic mass is 14.2. The summed E-state index contributed by atoms with van der Waals surface area (Å²) in [5, 5.41) is 0. The molecule has 0 amide bonds. The zero-order valence-electron chi connectivity index (χ0n) is 11.7. The predicted molar refractivity (Wildman–Crippen MR) is 75.5 cm³/mol. The van der Waals surface area contributed by atoms with Crippen LogP contribution in [0.1, 0.15) is 47.5 Å². The summed E-state index contributed by atoms with van der Waals surface area (Å²) in [6.07, 6.45) is 6.58. The molecule has 0 heteroatoms. The predicted octanol–water partition coefficient (Wildman–Crippen LogP) is 5.38. The van der Waals surface area contributed by atoms with Crippen LogP contribution in [-0.2, 0) is 0 Å². The van der Waals surface area contributed by atoms with Gasteiger partial charge in [0.15, 0.2) is 0 Å². The van der Waals surface area contributed by atoms with E-state index in [1.54, 1.807) is 0 Å². The maximum atomic E-state index is 4.09. The Morgan fingerprint density at radius 3 is 2.06 bits per heavy atom. The van der Waals surface area contributed by atoms with E-state index in [1.165, 1.54) is 11.1 Å². The van der Waals surface area contributed by atoms with Crippen molar-refractivity contribution in [1.29, 1.82) is 0 Å². The fraction of sp³-hybridized carbons (Fsp3) is 0.625. The average Bonchev–Trinajstić information content (AvgIpc) is 2.16. The molecule has 0 bridgehead atoms. The smallest absolute Gasteiger partial charge is 0.0151 e. The number of hydrogen-bond acceptors (Lipinski definition) is 0. The molecule has 0 aliphatic carbocycles. The van der Waals surface area contributed by atoms with Crippen LogP contribution in [0.25, 0.3) is 0 Å². The maximum absolute atomic E-state index is 4.09. The van der Waals surface area contributed by atoms with Gasteiger partial charge in [-0.2, -0.15) is 0 Å². The third-order valence-corrected chi connectivity index (χ3v) is 3.43. The first kappa shape index (κ1) is 15.2. The van der Waals surface area contributed by atoms with Crippen molar-refractivity contribution in [3.63, 3.8) is 0 Å². The van der Waals surface area contributed by atoms with Crippen molar-refractivity contribution in [3.05, 3.63) is 36.5 Å². The Morgan fingerprint density at radius 2 is 1.69 bits per heavy atom. The van der Waals surface area contributed by atoms with Gasteiger partial charge in [0, 0.05) is 0 Å². The summed E-state index contributed by atoms with van der Waals surface area (Å²) in [6.45, 7) is 19.1. The molecule has 0 aliphatic rings. The largest absolute Gasteiger partial charge is 0.103 e. The van der Waals surface area contributed by atoms with Crippen LogP contribution in [0.15, 0.2) is 36.5 Å². The van der Waals surface area contributed by atoms with Crippen molar-refractivity contribution < 1.29 is 0 Å². The minimum Gasteiger partial charge on any atom is -0.103 e. The average molecular weight is 220 g/mol. The van der Waals surface area contributed by atoms with E-state index in [9.17, 15) is 0 Å². The summed E-state index contributed by atoms with van der Waals surface area (Å²) in [5.41, 5.74) is 2.78. The van der Waals surface area contributed by atoms with Crippen LogP contribution < -0.4 is 0 Å². The molecule has 0 radical (unpaired) electrons. The highest BCUT2D eigenvalue weighted by Crippen LogP contribution is 2.25. The molecule has 0 nitrogen and oxygen atoms in total. The molecular formula is C16H28. The molecule has 2 atom stereocenters. The molecule has 0 aromatic carbocycles. The van der Waals surface area contributed by atoms with E-state index in [0.717, 1.165) is 12.8 Å². The SMILES string of the molecule is C=CCC(C)C(C)=CCC(C(=C)C)C(C)C. The third-order valence-electron chi connectivity index (χ3n) is 3.43. The molecule has 92 valence electrons. The van der Waals surface area contributed by atoms with Gasteiger partial charge in [-0.3, -0.25) is 0 Å². The van der Waals surface area contributed by atoms with E-state index in [0.29, 0.717) is 17.8 Å². The molecule has 16 heavy (non-hydrogen) atoms. The van der Waals surface area contributed by atoms with Crippen molar-refractivity contribution in [2.45, 2.75) is 47.5 Å². The van der Waals surface area contributed by atoms with E-state index in [2.05, 4.69) is 53.9 Å². The molecule has 0 fully saturated rings. The Balaban J connectivity index is 4.42. The first-order valence-electron chi connectivity index (χ1n) is 6.33. The summed E-state index contributed by atoms with van der Waals surface area (Å²) in [5.74, 6) is 1.91. The third kappa shape index (κ3) is 5.34. The van der Waals surface area contributed by atoms with E-state index in [4.69, 9.17) is 0 Å². The monoisotopic (exact) mass is 220 g/mol. The first-order chi connectivity index (χ1) is 7.40. The number of hydrogen-bond donors (Lipinski definition) is 0. The molecule has 0 saturated heterocycles. The Labute approximate surface area is 102 Å². The first-order valence-corrected chi connectivity index (χ1v) is 6.33. The van der Waals surface area contributed by atoms with Crippen molar-refractivity contribution in [2.24, 2.45) is 17.8 Å². The van der Waals surface area contributed by atoms with Crippen LogP contribution >= 0.6 is 0 Å². The second-order valence-corrected chi connectivity index (χ2v) is 5.31. The van der Waals surface area contributed by atoms with Crippen LogP contribution in [0.4, 0.5) is 0 Å². The van der Waals surface area contributed by atoms with E-state index in [1.807, 2.05) is 6.08 Å². The summed E-state index contributed by atoms with van der Waals surface area (Å²) >= 11 is 0. The van der Waals surface area contributed by atoms with E-state index in [-0.39, 0.29) is 0 Å². The van der Waals surface area contributed by atoms with Gasteiger partial charge in [-0.15, -0.1) is 6.58 Å². The van der Waals surface area contributed by atoms with Crippen molar-refractivity contribution >= 4 is 0 Å². The summed E-state index contributed by atoms with van der Waals surface area (Å²) in [7, 11) is 0. The highest BCUT2D eigenvalue weighted by Gasteiger charge is 2.13. The van der Waals surface area contributed by atoms with Crippen LogP contribution in [0, 0.1) is 17.8 Å². The number of rotatable bonds is 7. The lowest BCUT2D eigenvalue weighted by Gasteiger charge is -2.20. The Morgan fingerprint density at radius 1 is 1.12 bits per heavy atom. The minimum absolute atomic E-state index is 0.617. The molecule has 0 rings (SSSR count). The van der Waals surface area contributed by atoms with Gasteiger partial charge in [0.25, 0.3) is 0 Å². The van der Waals surface area contributed by atoms with Gasteiger partial charge in [0.1, 0.15) is 0 Å². The zero-order chi connectivity index (χ0) is 12.7. The van der Waals surface area contributed by atoms with Gasteiger partial charge < -0.3 is 0 Å². The second-order valence-electron chi connectivity index (χ2n) is 5.31. The normalized spacial score (nSPS) is 16.0. The standard InChI is InChI=1S/C16H28/c1-8-9-14(6)15(7)10-11-16(12(2)3)13(4)5/h8,10,13-14,16H,1-2,9,11H2,3-7H3. The number of allylic oxidation sites excluding steroid dienone is 4. The van der Waals surface area contributed by atoms with Gasteiger partial charge in [0.05, 0.1) is 0 Å². The lowest BCUT2D eigenvalue weighted by molar-refractivity contribution is 0.446. The Hall–Kier alpha value is -0.780. The maximum Gasteiger partial charge on any atom is -0.0151 e. The zero-order valence-corrected chi connectivity index (χ0v) is 11.7. The highest BCUT2D eigenvalue weighted by molar-refractivity contribution is 5.08. The molecule has 0 aromatic rings. The fourth-order valence-corrected chi connectivity index (χ4v) is 1.99. The van der Waals surface area contributed by atoms with Gasteiger partial charge in [-0.05, 0) is 44.4 Å². The lowest BCUT2D eigenvalue weighted by atomic mass is 9.85. The van der Waals surface area contributed by atoms with Crippen molar-refractivity contribution in [1.82, 2.24) is 0 Å². The van der Waals surface area contributed by atoms with Crippen LogP contribution in [0.5, 0.6) is 0 Å². The van der Waals surface area contributed by atoms with Crippen LogP contribution in [0.3, 0.4) is 0 Å². The topological polar surface area (TPSA) is 0 Å². The summed E-state index contributed by atoms with van der Waals surface area (Å²) < 4.78 is 0. The molecule has 0 aliphatic heterocycles. The molecule has 2 unspecified atom stereocenters. The minimum atomic E-state index is 0.617. The van der Waals surface area contributed by atoms with E-state index >= 15 is 0 Å². The quantitative estimate of drug-likeness (QED) is 0.505. The second kappa shape index (κ2) is 7.49. The van der Waals surface area contributed by atoms with Gasteiger partial charge in [-0.25, -0.2) is 0 Å². The molecule has 0 N–H and O–H groups in total. The summed E-state index contributed by atoms with van der Waals surface area (Å²) in [6, 6.07) is 0. The molecule has 0 aromatic heterocycles. The van der Waals surface area contributed by atoms with E-state index < -0.39 is 0 Å². The van der Waals surface area contributed by atoms with Crippen molar-refractivity contribution in [3.8, 4) is 0 Å². The van der Waals surface area contributed by atoms with Crippen LogP contribution in [0.2, 0.25) is 0 Å². The lowest BCUT2D eigenvalue weighted by Crippen LogP contribution is -2.09. The van der Waals surface area contributed by atoms with Crippen LogP contribution in [-0.4, -0.2) is 0 Å². The van der Waals surface area contributed by atoms with Crippen molar-refractivity contribution in [2.75, 3.05) is 0 Å². The van der Waals surface area contributed by atoms with Gasteiger partial charge in [-0.1, -0.05) is 50.6 Å². The Bertz CT molecular complexity index is 255. The molecule has 0 spiro atoms. The van der Waals surface area contributed by atoms with Gasteiger partial charge >= 0.3 is 0 Å².